The van der Waals surface area contributed by atoms with Crippen LogP contribution >= 0.6 is 11.8 Å². The summed E-state index contributed by atoms with van der Waals surface area (Å²) in [5.41, 5.74) is 0. The minimum Gasteiger partial charge on any atom is -0.467 e. The van der Waals surface area contributed by atoms with Gasteiger partial charge in [-0.2, -0.15) is 0 Å². The van der Waals surface area contributed by atoms with Crippen LogP contribution in [0, 0.1) is 12.3 Å². The highest BCUT2D eigenvalue weighted by Crippen LogP contribution is 2.25. The standard InChI is InChI=1S/C17H21N5O2S/c1-2-8-18-15(23)13-25-17-20-19-16(21-9-4-3-5-10-21)22(17)12-14-7-6-11-24-14/h1,6-7,11H,3-5,8-10,12-13H2,(H,18,23). The Balaban J connectivity index is 1.75. The van der Waals surface area contributed by atoms with Crippen LogP contribution in [0.15, 0.2) is 28.0 Å². The molecule has 1 aliphatic rings. The summed E-state index contributed by atoms with van der Waals surface area (Å²) in [5.74, 6) is 4.19. The van der Waals surface area contributed by atoms with Crippen molar-refractivity contribution >= 4 is 23.6 Å². The molecule has 2 aromatic rings. The highest BCUT2D eigenvalue weighted by molar-refractivity contribution is 7.99. The molecule has 0 bridgehead atoms. The summed E-state index contributed by atoms with van der Waals surface area (Å²) in [6, 6.07) is 3.79. The SMILES string of the molecule is C#CCNC(=O)CSc1nnc(N2CCCCC2)n1Cc1ccco1. The van der Waals surface area contributed by atoms with E-state index in [1.165, 1.54) is 18.2 Å². The first-order valence-electron chi connectivity index (χ1n) is 8.31. The number of anilines is 1. The van der Waals surface area contributed by atoms with E-state index >= 15 is 0 Å². The molecule has 0 aliphatic carbocycles. The number of amides is 1. The molecule has 3 heterocycles. The Kier molecular flexibility index (Phi) is 6.01. The average molecular weight is 359 g/mol. The summed E-state index contributed by atoms with van der Waals surface area (Å²) in [5, 5.41) is 12.0. The Morgan fingerprint density at radius 1 is 1.36 bits per heavy atom. The summed E-state index contributed by atoms with van der Waals surface area (Å²) >= 11 is 1.35. The van der Waals surface area contributed by atoms with Crippen LogP contribution < -0.4 is 10.2 Å². The lowest BCUT2D eigenvalue weighted by Gasteiger charge is -2.27. The number of hydrogen-bond donors (Lipinski definition) is 1. The van der Waals surface area contributed by atoms with E-state index in [1.807, 2.05) is 16.7 Å². The normalized spacial score (nSPS) is 14.3. The molecule has 0 spiro atoms. The summed E-state index contributed by atoms with van der Waals surface area (Å²) in [6.07, 6.45) is 10.4. The molecule has 1 amide bonds. The lowest BCUT2D eigenvalue weighted by Crippen LogP contribution is -2.32. The van der Waals surface area contributed by atoms with Gasteiger partial charge in [-0.1, -0.05) is 17.7 Å². The van der Waals surface area contributed by atoms with Gasteiger partial charge in [0.15, 0.2) is 5.16 Å². The van der Waals surface area contributed by atoms with Crippen molar-refractivity contribution in [2.24, 2.45) is 0 Å². The lowest BCUT2D eigenvalue weighted by atomic mass is 10.1. The van der Waals surface area contributed by atoms with Crippen molar-refractivity contribution < 1.29 is 9.21 Å². The zero-order valence-electron chi connectivity index (χ0n) is 14.0. The molecule has 0 unspecified atom stereocenters. The van der Waals surface area contributed by atoms with E-state index < -0.39 is 0 Å². The Labute approximate surface area is 151 Å². The van der Waals surface area contributed by atoms with Crippen LogP contribution in [0.5, 0.6) is 0 Å². The Morgan fingerprint density at radius 2 is 2.20 bits per heavy atom. The zero-order chi connectivity index (χ0) is 17.5. The summed E-state index contributed by atoms with van der Waals surface area (Å²) in [6.45, 7) is 2.73. The number of rotatable bonds is 7. The van der Waals surface area contributed by atoms with E-state index in [-0.39, 0.29) is 18.2 Å². The molecule has 0 aromatic carbocycles. The first-order chi connectivity index (χ1) is 12.3. The van der Waals surface area contributed by atoms with E-state index in [0.717, 1.165) is 37.6 Å². The van der Waals surface area contributed by atoms with Gasteiger partial charge in [0, 0.05) is 13.1 Å². The molecule has 7 nitrogen and oxygen atoms in total. The number of aromatic nitrogens is 3. The number of nitrogens with one attached hydrogen (secondary N) is 1. The molecule has 1 fully saturated rings. The van der Waals surface area contributed by atoms with Gasteiger partial charge in [-0.15, -0.1) is 16.6 Å². The van der Waals surface area contributed by atoms with Gasteiger partial charge >= 0.3 is 0 Å². The third-order valence-electron chi connectivity index (χ3n) is 3.95. The number of thioether (sulfide) groups is 1. The first-order valence-corrected chi connectivity index (χ1v) is 9.30. The van der Waals surface area contributed by atoms with E-state index in [1.54, 1.807) is 6.26 Å². The number of hydrogen-bond acceptors (Lipinski definition) is 6. The smallest absolute Gasteiger partial charge is 0.231 e. The van der Waals surface area contributed by atoms with Gasteiger partial charge in [-0.05, 0) is 31.4 Å². The molecule has 132 valence electrons. The number of carbonyl (C=O) groups excluding carboxylic acids is 1. The van der Waals surface area contributed by atoms with Crippen molar-refractivity contribution in [1.82, 2.24) is 20.1 Å². The maximum atomic E-state index is 11.8. The predicted molar refractivity (Wildman–Crippen MR) is 96.5 cm³/mol. The Hall–Kier alpha value is -2.40. The van der Waals surface area contributed by atoms with Gasteiger partial charge in [0.25, 0.3) is 0 Å². The second-order valence-electron chi connectivity index (χ2n) is 5.77. The van der Waals surface area contributed by atoms with Crippen molar-refractivity contribution in [2.75, 3.05) is 30.3 Å². The van der Waals surface area contributed by atoms with Crippen molar-refractivity contribution in [3.8, 4) is 12.3 Å². The minimum atomic E-state index is -0.116. The molecule has 0 saturated carbocycles. The number of carbonyl (C=O) groups is 1. The van der Waals surface area contributed by atoms with E-state index in [2.05, 4.69) is 26.3 Å². The highest BCUT2D eigenvalue weighted by atomic mass is 32.2. The summed E-state index contributed by atoms with van der Waals surface area (Å²) in [4.78, 5) is 14.1. The highest BCUT2D eigenvalue weighted by Gasteiger charge is 2.21. The molecule has 2 aromatic heterocycles. The molecule has 8 heteroatoms. The summed E-state index contributed by atoms with van der Waals surface area (Å²) in [7, 11) is 0. The predicted octanol–water partition coefficient (Wildman–Crippen LogP) is 1.75. The first kappa shape index (κ1) is 17.4. The van der Waals surface area contributed by atoms with Crippen molar-refractivity contribution in [2.45, 2.75) is 31.0 Å². The maximum absolute atomic E-state index is 11.8. The van der Waals surface area contributed by atoms with Gasteiger partial charge in [0.1, 0.15) is 5.76 Å². The number of furan rings is 1. The monoisotopic (exact) mass is 359 g/mol. The summed E-state index contributed by atoms with van der Waals surface area (Å²) < 4.78 is 7.49. The number of nitrogens with zero attached hydrogens (tertiary/aromatic N) is 4. The van der Waals surface area contributed by atoms with Gasteiger partial charge in [-0.3, -0.25) is 9.36 Å². The molecule has 1 N–H and O–H groups in total. The molecule has 0 radical (unpaired) electrons. The van der Waals surface area contributed by atoms with Crippen LogP contribution in [0.3, 0.4) is 0 Å². The fraction of sp³-hybridized carbons (Fsp3) is 0.471. The van der Waals surface area contributed by atoms with E-state index in [0.29, 0.717) is 11.7 Å². The number of piperidine rings is 1. The van der Waals surface area contributed by atoms with Crippen molar-refractivity contribution in [3.63, 3.8) is 0 Å². The molecular formula is C17H21N5O2S. The van der Waals surface area contributed by atoms with Crippen LogP contribution in [0.1, 0.15) is 25.0 Å². The van der Waals surface area contributed by atoms with Gasteiger partial charge in [0.2, 0.25) is 11.9 Å². The second kappa shape index (κ2) is 8.62. The quantitative estimate of drug-likeness (QED) is 0.600. The zero-order valence-corrected chi connectivity index (χ0v) is 14.8. The largest absolute Gasteiger partial charge is 0.467 e. The third-order valence-corrected chi connectivity index (χ3v) is 4.92. The van der Waals surface area contributed by atoms with Crippen LogP contribution in [0.4, 0.5) is 5.95 Å². The van der Waals surface area contributed by atoms with Crippen LogP contribution in [-0.2, 0) is 11.3 Å². The molecule has 3 rings (SSSR count). The average Bonchev–Trinajstić information content (AvgIpc) is 3.29. The fourth-order valence-electron chi connectivity index (χ4n) is 2.74. The van der Waals surface area contributed by atoms with Gasteiger partial charge in [0.05, 0.1) is 25.1 Å². The number of terminal acetylenes is 1. The molecule has 25 heavy (non-hydrogen) atoms. The molecule has 0 atom stereocenters. The third kappa shape index (κ3) is 4.57. The topological polar surface area (TPSA) is 76.2 Å². The fourth-order valence-corrected chi connectivity index (χ4v) is 3.51. The second-order valence-corrected chi connectivity index (χ2v) is 6.71. The van der Waals surface area contributed by atoms with Crippen LogP contribution in [0.2, 0.25) is 0 Å². The van der Waals surface area contributed by atoms with Crippen LogP contribution in [-0.4, -0.2) is 46.1 Å². The molecule has 1 saturated heterocycles. The van der Waals surface area contributed by atoms with Crippen molar-refractivity contribution in [3.05, 3.63) is 24.2 Å². The minimum absolute atomic E-state index is 0.116. The van der Waals surface area contributed by atoms with Gasteiger partial charge < -0.3 is 14.6 Å². The van der Waals surface area contributed by atoms with E-state index in [4.69, 9.17) is 10.8 Å². The van der Waals surface area contributed by atoms with E-state index in [9.17, 15) is 4.79 Å². The Morgan fingerprint density at radius 3 is 2.92 bits per heavy atom. The van der Waals surface area contributed by atoms with Gasteiger partial charge in [-0.25, -0.2) is 0 Å². The van der Waals surface area contributed by atoms with Crippen molar-refractivity contribution in [1.29, 1.82) is 0 Å². The maximum Gasteiger partial charge on any atom is 0.231 e. The lowest BCUT2D eigenvalue weighted by molar-refractivity contribution is -0.118. The molecule has 1 aliphatic heterocycles. The van der Waals surface area contributed by atoms with Crippen LogP contribution in [0.25, 0.3) is 0 Å². The Bertz CT molecular complexity index is 729. The molecular weight excluding hydrogens is 338 g/mol.